The molecule has 1 aliphatic heterocycles. The van der Waals surface area contributed by atoms with Gasteiger partial charge in [-0.15, -0.1) is 0 Å². The van der Waals surface area contributed by atoms with Crippen LogP contribution in [0.1, 0.15) is 64.7 Å². The Bertz CT molecular complexity index is 231. The standard InChI is InChI=1S/C15H29NO2/c1-2-3-4-5-6-7-8-10-16-11-9-14(13-16)12-15(17)18/h14H,2-13H2,1H3,(H,17,18). The number of likely N-dealkylation sites (tertiary alicyclic amines) is 1. The van der Waals surface area contributed by atoms with E-state index in [-0.39, 0.29) is 0 Å². The first-order valence-corrected chi connectivity index (χ1v) is 7.66. The van der Waals surface area contributed by atoms with Crippen LogP contribution in [0.2, 0.25) is 0 Å². The van der Waals surface area contributed by atoms with Gasteiger partial charge in [0.15, 0.2) is 0 Å². The molecule has 1 atom stereocenters. The maximum Gasteiger partial charge on any atom is 0.303 e. The highest BCUT2D eigenvalue weighted by Crippen LogP contribution is 2.20. The van der Waals surface area contributed by atoms with Gasteiger partial charge < -0.3 is 10.0 Å². The van der Waals surface area contributed by atoms with Gasteiger partial charge in [0.05, 0.1) is 0 Å². The van der Waals surface area contributed by atoms with Crippen LogP contribution in [-0.2, 0) is 4.79 Å². The van der Waals surface area contributed by atoms with Gasteiger partial charge in [0, 0.05) is 13.0 Å². The quantitative estimate of drug-likeness (QED) is 0.607. The number of hydrogen-bond donors (Lipinski definition) is 1. The molecule has 0 aliphatic carbocycles. The third kappa shape index (κ3) is 7.00. The van der Waals surface area contributed by atoms with Crippen molar-refractivity contribution in [3.8, 4) is 0 Å². The van der Waals surface area contributed by atoms with Gasteiger partial charge in [-0.25, -0.2) is 0 Å². The van der Waals surface area contributed by atoms with E-state index in [1.165, 1.54) is 51.5 Å². The van der Waals surface area contributed by atoms with E-state index in [0.29, 0.717) is 12.3 Å². The third-order valence-electron chi connectivity index (χ3n) is 3.91. The molecular formula is C15H29NO2. The van der Waals surface area contributed by atoms with Crippen molar-refractivity contribution >= 4 is 5.97 Å². The molecule has 0 aromatic heterocycles. The minimum Gasteiger partial charge on any atom is -0.481 e. The molecule has 3 nitrogen and oxygen atoms in total. The summed E-state index contributed by atoms with van der Waals surface area (Å²) >= 11 is 0. The van der Waals surface area contributed by atoms with Gasteiger partial charge in [0.2, 0.25) is 0 Å². The molecule has 3 heteroatoms. The van der Waals surface area contributed by atoms with Gasteiger partial charge in [0.25, 0.3) is 0 Å². The smallest absolute Gasteiger partial charge is 0.303 e. The number of carboxylic acids is 1. The zero-order valence-electron chi connectivity index (χ0n) is 11.9. The van der Waals surface area contributed by atoms with Crippen molar-refractivity contribution < 1.29 is 9.90 Å². The molecule has 106 valence electrons. The van der Waals surface area contributed by atoms with Gasteiger partial charge in [-0.05, 0) is 31.8 Å². The van der Waals surface area contributed by atoms with Crippen molar-refractivity contribution in [1.82, 2.24) is 4.90 Å². The van der Waals surface area contributed by atoms with Crippen LogP contribution in [0.15, 0.2) is 0 Å². The Labute approximate surface area is 112 Å². The summed E-state index contributed by atoms with van der Waals surface area (Å²) in [5.41, 5.74) is 0. The number of carbonyl (C=O) groups is 1. The number of nitrogens with zero attached hydrogens (tertiary/aromatic N) is 1. The first kappa shape index (κ1) is 15.5. The molecule has 1 saturated heterocycles. The Morgan fingerprint density at radius 3 is 2.50 bits per heavy atom. The molecule has 1 heterocycles. The Kier molecular flexibility index (Phi) is 8.06. The Morgan fingerprint density at radius 2 is 1.83 bits per heavy atom. The van der Waals surface area contributed by atoms with Crippen molar-refractivity contribution in [3.05, 3.63) is 0 Å². The average Bonchev–Trinajstić information content (AvgIpc) is 2.75. The van der Waals surface area contributed by atoms with Gasteiger partial charge in [-0.1, -0.05) is 45.4 Å². The summed E-state index contributed by atoms with van der Waals surface area (Å²) in [5, 5.41) is 8.76. The Hall–Kier alpha value is -0.570. The fourth-order valence-electron chi connectivity index (χ4n) is 2.82. The second-order valence-electron chi connectivity index (χ2n) is 5.67. The highest BCUT2D eigenvalue weighted by molar-refractivity contribution is 5.67. The van der Waals surface area contributed by atoms with Crippen LogP contribution in [0, 0.1) is 5.92 Å². The van der Waals surface area contributed by atoms with Crippen molar-refractivity contribution in [2.75, 3.05) is 19.6 Å². The van der Waals surface area contributed by atoms with Gasteiger partial charge in [-0.3, -0.25) is 4.79 Å². The topological polar surface area (TPSA) is 40.5 Å². The second kappa shape index (κ2) is 9.37. The lowest BCUT2D eigenvalue weighted by Gasteiger charge is -2.15. The summed E-state index contributed by atoms with van der Waals surface area (Å²) in [6, 6.07) is 0. The van der Waals surface area contributed by atoms with E-state index in [0.717, 1.165) is 19.5 Å². The molecule has 0 saturated carbocycles. The van der Waals surface area contributed by atoms with E-state index in [1.54, 1.807) is 0 Å². The van der Waals surface area contributed by atoms with Gasteiger partial charge in [-0.2, -0.15) is 0 Å². The zero-order valence-corrected chi connectivity index (χ0v) is 11.9. The highest BCUT2D eigenvalue weighted by Gasteiger charge is 2.23. The highest BCUT2D eigenvalue weighted by atomic mass is 16.4. The monoisotopic (exact) mass is 255 g/mol. The third-order valence-corrected chi connectivity index (χ3v) is 3.91. The van der Waals surface area contributed by atoms with E-state index >= 15 is 0 Å². The predicted molar refractivity (Wildman–Crippen MR) is 74.8 cm³/mol. The first-order chi connectivity index (χ1) is 8.72. The normalized spacial score (nSPS) is 20.4. The Morgan fingerprint density at radius 1 is 1.17 bits per heavy atom. The van der Waals surface area contributed by atoms with Crippen LogP contribution in [0.25, 0.3) is 0 Å². The fourth-order valence-corrected chi connectivity index (χ4v) is 2.82. The summed E-state index contributed by atoms with van der Waals surface area (Å²) in [7, 11) is 0. The van der Waals surface area contributed by atoms with E-state index in [4.69, 9.17) is 5.11 Å². The molecule has 0 spiro atoms. The van der Waals surface area contributed by atoms with Crippen LogP contribution in [0.4, 0.5) is 0 Å². The van der Waals surface area contributed by atoms with Crippen LogP contribution in [-0.4, -0.2) is 35.6 Å². The maximum atomic E-state index is 10.6. The van der Waals surface area contributed by atoms with E-state index < -0.39 is 5.97 Å². The van der Waals surface area contributed by atoms with Crippen LogP contribution in [0.3, 0.4) is 0 Å². The SMILES string of the molecule is CCCCCCCCCN1CCC(CC(=O)O)C1. The molecule has 0 bridgehead atoms. The van der Waals surface area contributed by atoms with Crippen molar-refractivity contribution in [3.63, 3.8) is 0 Å². The number of rotatable bonds is 10. The molecule has 0 radical (unpaired) electrons. The molecule has 0 aromatic rings. The molecule has 1 unspecified atom stereocenters. The number of aliphatic carboxylic acids is 1. The van der Waals surface area contributed by atoms with Gasteiger partial charge in [0.1, 0.15) is 0 Å². The maximum absolute atomic E-state index is 10.6. The molecule has 0 aromatic carbocycles. The lowest BCUT2D eigenvalue weighted by Crippen LogP contribution is -2.22. The predicted octanol–water partition coefficient (Wildman–Crippen LogP) is 3.53. The number of carboxylic acid groups (broad SMARTS) is 1. The molecule has 18 heavy (non-hydrogen) atoms. The molecule has 1 rings (SSSR count). The van der Waals surface area contributed by atoms with E-state index in [9.17, 15) is 4.79 Å². The molecule has 1 aliphatic rings. The lowest BCUT2D eigenvalue weighted by atomic mass is 10.1. The summed E-state index contributed by atoms with van der Waals surface area (Å²) in [6.07, 6.45) is 10.9. The number of unbranched alkanes of at least 4 members (excludes halogenated alkanes) is 6. The first-order valence-electron chi connectivity index (χ1n) is 7.66. The molecule has 1 fully saturated rings. The van der Waals surface area contributed by atoms with Crippen molar-refractivity contribution in [2.45, 2.75) is 64.7 Å². The lowest BCUT2D eigenvalue weighted by molar-refractivity contribution is -0.138. The molecular weight excluding hydrogens is 226 g/mol. The van der Waals surface area contributed by atoms with Crippen LogP contribution >= 0.6 is 0 Å². The van der Waals surface area contributed by atoms with Crippen LogP contribution in [0.5, 0.6) is 0 Å². The minimum absolute atomic E-state index is 0.355. The average molecular weight is 255 g/mol. The largest absolute Gasteiger partial charge is 0.481 e. The molecule has 1 N–H and O–H groups in total. The van der Waals surface area contributed by atoms with Crippen molar-refractivity contribution in [2.24, 2.45) is 5.92 Å². The second-order valence-corrected chi connectivity index (χ2v) is 5.67. The number of hydrogen-bond acceptors (Lipinski definition) is 2. The van der Waals surface area contributed by atoms with Crippen LogP contribution < -0.4 is 0 Å². The van der Waals surface area contributed by atoms with Gasteiger partial charge >= 0.3 is 5.97 Å². The fraction of sp³-hybridized carbons (Fsp3) is 0.933. The summed E-state index contributed by atoms with van der Waals surface area (Å²) < 4.78 is 0. The summed E-state index contributed by atoms with van der Waals surface area (Å²) in [6.45, 7) is 5.53. The van der Waals surface area contributed by atoms with E-state index in [2.05, 4.69) is 11.8 Å². The zero-order chi connectivity index (χ0) is 13.2. The minimum atomic E-state index is -0.641. The van der Waals surface area contributed by atoms with E-state index in [1.807, 2.05) is 0 Å². The van der Waals surface area contributed by atoms with Crippen molar-refractivity contribution in [1.29, 1.82) is 0 Å². The Balaban J connectivity index is 1.92. The summed E-state index contributed by atoms with van der Waals surface area (Å²) in [4.78, 5) is 13.1. The summed E-state index contributed by atoms with van der Waals surface area (Å²) in [5.74, 6) is -0.246. The molecule has 0 amide bonds.